The van der Waals surface area contributed by atoms with Gasteiger partial charge in [0.1, 0.15) is 5.82 Å². The number of nitrogens with zero attached hydrogens (tertiary/aromatic N) is 3. The average molecular weight is 515 g/mol. The molecule has 0 radical (unpaired) electrons. The summed E-state index contributed by atoms with van der Waals surface area (Å²) in [5.41, 5.74) is 2.70. The molecule has 37 heavy (non-hydrogen) atoms. The first kappa shape index (κ1) is 26.7. The van der Waals surface area contributed by atoms with Gasteiger partial charge in [-0.05, 0) is 29.8 Å². The second kappa shape index (κ2) is 11.8. The molecule has 0 bridgehead atoms. The lowest BCUT2D eigenvalue weighted by Gasteiger charge is -2.25. The summed E-state index contributed by atoms with van der Waals surface area (Å²) in [7, 11) is 4.96. The molecule has 4 rings (SSSR count). The number of halogens is 2. The molecule has 0 spiro atoms. The van der Waals surface area contributed by atoms with Gasteiger partial charge in [-0.1, -0.05) is 18.2 Å². The molecule has 1 aromatic heterocycles. The molecule has 9 nitrogen and oxygen atoms in total. The molecule has 198 valence electrons. The van der Waals surface area contributed by atoms with Crippen molar-refractivity contribution in [2.75, 3.05) is 45.7 Å². The highest BCUT2D eigenvalue weighted by Crippen LogP contribution is 2.29. The summed E-state index contributed by atoms with van der Waals surface area (Å²) in [5.74, 6) is -1.54. The maximum Gasteiger partial charge on any atom is 0.251 e. The SMILES string of the molecule is CNC(=O)c1ccc(-c2cc(NC(O)N[C@@H]3CN(CCOC)C[C@H]3c3ccc(F)c(F)c3)n(C)n2)cc1. The Labute approximate surface area is 214 Å². The highest BCUT2D eigenvalue weighted by atomic mass is 19.2. The van der Waals surface area contributed by atoms with E-state index in [2.05, 4.69) is 25.9 Å². The van der Waals surface area contributed by atoms with E-state index >= 15 is 0 Å². The van der Waals surface area contributed by atoms with Crippen molar-refractivity contribution < 1.29 is 23.4 Å². The van der Waals surface area contributed by atoms with Crippen LogP contribution in [0.4, 0.5) is 14.6 Å². The highest BCUT2D eigenvalue weighted by molar-refractivity contribution is 5.94. The number of carbonyl (C=O) groups is 1. The number of benzene rings is 2. The molecule has 1 fully saturated rings. The zero-order valence-electron chi connectivity index (χ0n) is 21.0. The number of aliphatic hydroxyl groups excluding tert-OH is 1. The van der Waals surface area contributed by atoms with Crippen molar-refractivity contribution >= 4 is 11.7 Å². The zero-order valence-corrected chi connectivity index (χ0v) is 21.0. The van der Waals surface area contributed by atoms with Crippen molar-refractivity contribution in [1.29, 1.82) is 0 Å². The number of nitrogens with one attached hydrogen (secondary N) is 3. The standard InChI is InChI=1S/C26H32F2N6O3/c1-29-25(35)17-6-4-16(5-7-17)22-13-24(33(2)32-22)31-26(36)30-23-15-34(10-11-37-3)14-19(23)18-8-9-20(27)21(28)12-18/h4-9,12-13,19,23,26,30-31,36H,10-11,14-15H2,1-3H3,(H,29,35)/t19-,23+,26?/m0/s1. The van der Waals surface area contributed by atoms with E-state index in [4.69, 9.17) is 4.74 Å². The van der Waals surface area contributed by atoms with Crippen LogP contribution in [0, 0.1) is 11.6 Å². The summed E-state index contributed by atoms with van der Waals surface area (Å²) in [4.78, 5) is 13.9. The summed E-state index contributed by atoms with van der Waals surface area (Å²) >= 11 is 0. The van der Waals surface area contributed by atoms with Crippen molar-refractivity contribution in [1.82, 2.24) is 25.3 Å². The van der Waals surface area contributed by atoms with Gasteiger partial charge in [-0.25, -0.2) is 8.78 Å². The first-order chi connectivity index (χ1) is 17.8. The molecule has 2 aromatic carbocycles. The highest BCUT2D eigenvalue weighted by Gasteiger charge is 2.35. The monoisotopic (exact) mass is 514 g/mol. The molecule has 0 aliphatic carbocycles. The number of ether oxygens (including phenoxy) is 1. The van der Waals surface area contributed by atoms with Crippen LogP contribution in [0.2, 0.25) is 0 Å². The Morgan fingerprint density at radius 3 is 2.59 bits per heavy atom. The van der Waals surface area contributed by atoms with Crippen molar-refractivity contribution in [3.05, 3.63) is 71.3 Å². The van der Waals surface area contributed by atoms with Crippen LogP contribution in [0.15, 0.2) is 48.5 Å². The second-order valence-corrected chi connectivity index (χ2v) is 9.05. The van der Waals surface area contributed by atoms with Gasteiger partial charge in [0.2, 0.25) is 0 Å². The fourth-order valence-electron chi connectivity index (χ4n) is 4.60. The fraction of sp³-hybridized carbons (Fsp3) is 0.385. The largest absolute Gasteiger partial charge is 0.383 e. The van der Waals surface area contributed by atoms with Gasteiger partial charge in [-0.2, -0.15) is 5.10 Å². The first-order valence-electron chi connectivity index (χ1n) is 12.0. The Bertz CT molecular complexity index is 1220. The van der Waals surface area contributed by atoms with Crippen LogP contribution in [0.5, 0.6) is 0 Å². The fourth-order valence-corrected chi connectivity index (χ4v) is 4.60. The number of aryl methyl sites for hydroxylation is 1. The third kappa shape index (κ3) is 6.31. The number of aliphatic hydroxyl groups is 1. The number of amides is 1. The maximum atomic E-state index is 14.0. The van der Waals surface area contributed by atoms with Crippen LogP contribution >= 0.6 is 0 Å². The van der Waals surface area contributed by atoms with Crippen LogP contribution in [-0.4, -0.2) is 78.5 Å². The van der Waals surface area contributed by atoms with E-state index in [9.17, 15) is 18.7 Å². The third-order valence-corrected chi connectivity index (χ3v) is 6.59. The van der Waals surface area contributed by atoms with Crippen molar-refractivity contribution in [2.45, 2.75) is 18.3 Å². The number of carbonyl (C=O) groups excluding carboxylic acids is 1. The van der Waals surface area contributed by atoms with Gasteiger partial charge in [0.15, 0.2) is 18.0 Å². The minimum Gasteiger partial charge on any atom is -0.383 e. The van der Waals surface area contributed by atoms with Crippen LogP contribution in [0.25, 0.3) is 11.3 Å². The number of methoxy groups -OCH3 is 1. The van der Waals surface area contributed by atoms with E-state index in [0.717, 1.165) is 11.6 Å². The number of aromatic nitrogens is 2. The number of rotatable bonds is 10. The van der Waals surface area contributed by atoms with Gasteiger partial charge in [0, 0.05) is 70.0 Å². The average Bonchev–Trinajstić information content (AvgIpc) is 3.46. The Morgan fingerprint density at radius 2 is 1.92 bits per heavy atom. The van der Waals surface area contributed by atoms with Crippen molar-refractivity contribution in [3.63, 3.8) is 0 Å². The molecule has 11 heteroatoms. The Hall–Kier alpha value is -3.38. The molecule has 4 N–H and O–H groups in total. The molecule has 1 aliphatic rings. The van der Waals surface area contributed by atoms with Gasteiger partial charge in [0.25, 0.3) is 5.91 Å². The molecule has 1 saturated heterocycles. The van der Waals surface area contributed by atoms with Crippen LogP contribution in [-0.2, 0) is 11.8 Å². The Kier molecular flexibility index (Phi) is 8.49. The number of hydrogen-bond acceptors (Lipinski definition) is 7. The quantitative estimate of drug-likeness (QED) is 0.307. The molecule has 1 aliphatic heterocycles. The van der Waals surface area contributed by atoms with Crippen LogP contribution in [0.3, 0.4) is 0 Å². The van der Waals surface area contributed by atoms with Crippen LogP contribution < -0.4 is 16.0 Å². The smallest absolute Gasteiger partial charge is 0.251 e. The summed E-state index contributed by atoms with van der Waals surface area (Å²) in [5, 5.41) is 24.1. The van der Waals surface area contributed by atoms with Gasteiger partial charge < -0.3 is 20.5 Å². The summed E-state index contributed by atoms with van der Waals surface area (Å²) < 4.78 is 34.3. The van der Waals surface area contributed by atoms with Gasteiger partial charge in [-0.15, -0.1) is 0 Å². The first-order valence-corrected chi connectivity index (χ1v) is 12.0. The van der Waals surface area contributed by atoms with Crippen molar-refractivity contribution in [2.24, 2.45) is 7.05 Å². The van der Waals surface area contributed by atoms with E-state index in [1.807, 2.05) is 12.1 Å². The van der Waals surface area contributed by atoms with E-state index in [0.29, 0.717) is 48.9 Å². The van der Waals surface area contributed by atoms with Crippen molar-refractivity contribution in [3.8, 4) is 11.3 Å². The Morgan fingerprint density at radius 1 is 1.16 bits per heavy atom. The predicted molar refractivity (Wildman–Crippen MR) is 136 cm³/mol. The van der Waals surface area contributed by atoms with Gasteiger partial charge in [-0.3, -0.25) is 19.7 Å². The zero-order chi connectivity index (χ0) is 26.5. The molecule has 2 heterocycles. The molecule has 0 saturated carbocycles. The second-order valence-electron chi connectivity index (χ2n) is 9.05. The van der Waals surface area contributed by atoms with E-state index in [-0.39, 0.29) is 17.9 Å². The van der Waals surface area contributed by atoms with E-state index in [1.54, 1.807) is 50.2 Å². The number of anilines is 1. The molecule has 1 amide bonds. The predicted octanol–water partition coefficient (Wildman–Crippen LogP) is 2.12. The summed E-state index contributed by atoms with van der Waals surface area (Å²) in [6.07, 6.45) is -1.13. The number of likely N-dealkylation sites (tertiary alicyclic amines) is 1. The number of hydrogen-bond donors (Lipinski definition) is 4. The summed E-state index contributed by atoms with van der Waals surface area (Å²) in [6.45, 7) is 2.43. The van der Waals surface area contributed by atoms with E-state index < -0.39 is 18.0 Å². The van der Waals surface area contributed by atoms with Crippen LogP contribution in [0.1, 0.15) is 21.8 Å². The lowest BCUT2D eigenvalue weighted by Crippen LogP contribution is -2.46. The van der Waals surface area contributed by atoms with Gasteiger partial charge >= 0.3 is 0 Å². The summed E-state index contributed by atoms with van der Waals surface area (Å²) in [6, 6.07) is 12.6. The molecule has 3 aromatic rings. The third-order valence-electron chi connectivity index (χ3n) is 6.59. The maximum absolute atomic E-state index is 14.0. The molecular weight excluding hydrogens is 482 g/mol. The molecule has 1 unspecified atom stereocenters. The normalized spacial score (nSPS) is 18.6. The Balaban J connectivity index is 1.45. The lowest BCUT2D eigenvalue weighted by molar-refractivity contribution is 0.0963. The molecular formula is C26H32F2N6O3. The topological polar surface area (TPSA) is 104 Å². The van der Waals surface area contributed by atoms with E-state index in [1.165, 1.54) is 6.07 Å². The minimum absolute atomic E-state index is 0.163. The lowest BCUT2D eigenvalue weighted by atomic mass is 9.94. The molecule has 3 atom stereocenters. The minimum atomic E-state index is -1.13. The van der Waals surface area contributed by atoms with Gasteiger partial charge in [0.05, 0.1) is 12.3 Å².